The Morgan fingerprint density at radius 1 is 1.40 bits per heavy atom. The number of ketones is 1. The molecule has 0 aliphatic carbocycles. The van der Waals surface area contributed by atoms with E-state index in [-0.39, 0.29) is 5.78 Å². The molecule has 0 N–H and O–H groups in total. The summed E-state index contributed by atoms with van der Waals surface area (Å²) in [5.74, 6) is 0.00321. The fourth-order valence-corrected chi connectivity index (χ4v) is 1.54. The summed E-state index contributed by atoms with van der Waals surface area (Å²) < 4.78 is 0. The molecule has 0 bridgehead atoms. The standard InChI is InChI=1S/C12H16ClNO/c1-4-10(13)12(15)9-7-5-6-8-11(9)14(2)3/h5-8,10H,4H2,1-3H3. The molecule has 1 rings (SSSR count). The summed E-state index contributed by atoms with van der Waals surface area (Å²) in [5, 5.41) is -0.425. The normalized spacial score (nSPS) is 12.3. The van der Waals surface area contributed by atoms with Crippen molar-refractivity contribution in [3.63, 3.8) is 0 Å². The van der Waals surface area contributed by atoms with Crippen LogP contribution in [-0.2, 0) is 0 Å². The summed E-state index contributed by atoms with van der Waals surface area (Å²) in [4.78, 5) is 13.9. The molecule has 0 amide bonds. The third kappa shape index (κ3) is 2.72. The Morgan fingerprint density at radius 3 is 2.53 bits per heavy atom. The number of Topliss-reactive ketones (excluding diaryl/α,β-unsaturated/α-hetero) is 1. The van der Waals surface area contributed by atoms with Crippen molar-refractivity contribution < 1.29 is 4.79 Å². The first kappa shape index (κ1) is 12.1. The van der Waals surface area contributed by atoms with Gasteiger partial charge in [-0.15, -0.1) is 11.6 Å². The van der Waals surface area contributed by atoms with Crippen molar-refractivity contribution in [1.82, 2.24) is 0 Å². The molecular weight excluding hydrogens is 210 g/mol. The SMILES string of the molecule is CCC(Cl)C(=O)c1ccccc1N(C)C. The summed E-state index contributed by atoms with van der Waals surface area (Å²) in [6.07, 6.45) is 0.655. The molecule has 0 fully saturated rings. The molecule has 0 aliphatic rings. The summed E-state index contributed by atoms with van der Waals surface area (Å²) >= 11 is 5.96. The largest absolute Gasteiger partial charge is 0.377 e. The second-order valence-corrected chi connectivity index (χ2v) is 4.18. The number of hydrogen-bond acceptors (Lipinski definition) is 2. The minimum absolute atomic E-state index is 0.00321. The van der Waals surface area contributed by atoms with Gasteiger partial charge < -0.3 is 4.90 Å². The maximum atomic E-state index is 11.9. The van der Waals surface area contributed by atoms with Crippen LogP contribution in [0.4, 0.5) is 5.69 Å². The lowest BCUT2D eigenvalue weighted by atomic mass is 10.0. The van der Waals surface area contributed by atoms with Crippen LogP contribution in [-0.4, -0.2) is 25.3 Å². The van der Waals surface area contributed by atoms with Crippen LogP contribution in [0.3, 0.4) is 0 Å². The predicted octanol–water partition coefficient (Wildman–Crippen LogP) is 2.95. The number of alkyl halides is 1. The molecule has 1 aromatic carbocycles. The van der Waals surface area contributed by atoms with Crippen LogP contribution < -0.4 is 4.90 Å². The molecule has 0 aliphatic heterocycles. The Bertz CT molecular complexity index is 349. The molecule has 3 heteroatoms. The Morgan fingerprint density at radius 2 is 2.00 bits per heavy atom. The number of nitrogens with zero attached hydrogens (tertiary/aromatic N) is 1. The van der Waals surface area contributed by atoms with Crippen LogP contribution >= 0.6 is 11.6 Å². The van der Waals surface area contributed by atoms with E-state index in [0.717, 1.165) is 5.69 Å². The fourth-order valence-electron chi connectivity index (χ4n) is 1.43. The van der Waals surface area contributed by atoms with E-state index in [0.29, 0.717) is 12.0 Å². The van der Waals surface area contributed by atoms with E-state index in [1.807, 2.05) is 50.2 Å². The van der Waals surface area contributed by atoms with E-state index < -0.39 is 5.38 Å². The second kappa shape index (κ2) is 5.17. The van der Waals surface area contributed by atoms with Gasteiger partial charge in [0.1, 0.15) is 0 Å². The Hall–Kier alpha value is -1.02. The van der Waals surface area contributed by atoms with Crippen molar-refractivity contribution in [3.8, 4) is 0 Å². The monoisotopic (exact) mass is 225 g/mol. The molecule has 82 valence electrons. The summed E-state index contributed by atoms with van der Waals surface area (Å²) in [5.41, 5.74) is 1.62. The number of para-hydroxylation sites is 1. The third-order valence-corrected chi connectivity index (χ3v) is 2.80. The zero-order chi connectivity index (χ0) is 11.4. The second-order valence-electron chi connectivity index (χ2n) is 3.65. The highest BCUT2D eigenvalue weighted by molar-refractivity contribution is 6.34. The lowest BCUT2D eigenvalue weighted by molar-refractivity contribution is 0.0986. The van der Waals surface area contributed by atoms with Gasteiger partial charge in [0.2, 0.25) is 0 Å². The highest BCUT2D eigenvalue weighted by atomic mass is 35.5. The van der Waals surface area contributed by atoms with Crippen LogP contribution in [0, 0.1) is 0 Å². The average Bonchev–Trinajstić information content (AvgIpc) is 2.27. The van der Waals surface area contributed by atoms with Gasteiger partial charge >= 0.3 is 0 Å². The first-order valence-corrected chi connectivity index (χ1v) is 5.46. The van der Waals surface area contributed by atoms with E-state index in [9.17, 15) is 4.79 Å². The molecular formula is C12H16ClNO. The molecule has 0 heterocycles. The van der Waals surface area contributed by atoms with Crippen LogP contribution in [0.1, 0.15) is 23.7 Å². The number of hydrogen-bond donors (Lipinski definition) is 0. The van der Waals surface area contributed by atoms with Crippen LogP contribution in [0.15, 0.2) is 24.3 Å². The van der Waals surface area contributed by atoms with Gasteiger partial charge in [-0.25, -0.2) is 0 Å². The van der Waals surface area contributed by atoms with Gasteiger partial charge in [0.25, 0.3) is 0 Å². The molecule has 1 atom stereocenters. The van der Waals surface area contributed by atoms with Gasteiger partial charge in [0.05, 0.1) is 5.38 Å². The minimum Gasteiger partial charge on any atom is -0.377 e. The van der Waals surface area contributed by atoms with E-state index in [1.54, 1.807) is 0 Å². The molecule has 0 saturated heterocycles. The third-order valence-electron chi connectivity index (χ3n) is 2.29. The topological polar surface area (TPSA) is 20.3 Å². The van der Waals surface area contributed by atoms with Gasteiger partial charge in [-0.3, -0.25) is 4.79 Å². The summed E-state index contributed by atoms with van der Waals surface area (Å²) in [7, 11) is 3.84. The number of carbonyl (C=O) groups excluding carboxylic acids is 1. The van der Waals surface area contributed by atoms with Crippen LogP contribution in [0.2, 0.25) is 0 Å². The van der Waals surface area contributed by atoms with Crippen molar-refractivity contribution >= 4 is 23.1 Å². The van der Waals surface area contributed by atoms with Crippen molar-refractivity contribution in [1.29, 1.82) is 0 Å². The van der Waals surface area contributed by atoms with Crippen molar-refractivity contribution in [2.45, 2.75) is 18.7 Å². The Labute approximate surface area is 95.8 Å². The first-order valence-electron chi connectivity index (χ1n) is 5.02. The van der Waals surface area contributed by atoms with Gasteiger partial charge in [-0.2, -0.15) is 0 Å². The van der Waals surface area contributed by atoms with Gasteiger partial charge in [-0.1, -0.05) is 19.1 Å². The van der Waals surface area contributed by atoms with E-state index >= 15 is 0 Å². The molecule has 2 nitrogen and oxygen atoms in total. The van der Waals surface area contributed by atoms with Crippen molar-refractivity contribution in [3.05, 3.63) is 29.8 Å². The van der Waals surface area contributed by atoms with E-state index in [1.165, 1.54) is 0 Å². The number of carbonyl (C=O) groups is 1. The molecule has 0 aromatic heterocycles. The predicted molar refractivity (Wildman–Crippen MR) is 65.0 cm³/mol. The molecule has 0 saturated carbocycles. The zero-order valence-corrected chi connectivity index (χ0v) is 10.1. The van der Waals surface area contributed by atoms with Gasteiger partial charge in [0, 0.05) is 25.3 Å². The Kier molecular flexibility index (Phi) is 4.15. The lowest BCUT2D eigenvalue weighted by Gasteiger charge is -2.17. The van der Waals surface area contributed by atoms with Gasteiger partial charge in [-0.05, 0) is 18.6 Å². The number of rotatable bonds is 4. The molecule has 0 spiro atoms. The number of anilines is 1. The first-order chi connectivity index (χ1) is 7.07. The van der Waals surface area contributed by atoms with Crippen LogP contribution in [0.5, 0.6) is 0 Å². The quantitative estimate of drug-likeness (QED) is 0.580. The minimum atomic E-state index is -0.425. The number of benzene rings is 1. The molecule has 1 aromatic rings. The van der Waals surface area contributed by atoms with Crippen molar-refractivity contribution in [2.75, 3.05) is 19.0 Å². The highest BCUT2D eigenvalue weighted by Crippen LogP contribution is 2.21. The smallest absolute Gasteiger partial charge is 0.182 e. The maximum Gasteiger partial charge on any atom is 0.182 e. The number of halogens is 1. The van der Waals surface area contributed by atoms with Crippen LogP contribution in [0.25, 0.3) is 0 Å². The summed E-state index contributed by atoms with van der Waals surface area (Å²) in [6, 6.07) is 7.52. The lowest BCUT2D eigenvalue weighted by Crippen LogP contribution is -2.19. The Balaban J connectivity index is 3.08. The average molecular weight is 226 g/mol. The fraction of sp³-hybridized carbons (Fsp3) is 0.417. The highest BCUT2D eigenvalue weighted by Gasteiger charge is 2.18. The molecule has 1 unspecified atom stereocenters. The van der Waals surface area contributed by atoms with E-state index in [4.69, 9.17) is 11.6 Å². The zero-order valence-electron chi connectivity index (χ0n) is 9.33. The molecule has 0 radical (unpaired) electrons. The molecule has 15 heavy (non-hydrogen) atoms. The van der Waals surface area contributed by atoms with Gasteiger partial charge in [0.15, 0.2) is 5.78 Å². The van der Waals surface area contributed by atoms with Crippen molar-refractivity contribution in [2.24, 2.45) is 0 Å². The van der Waals surface area contributed by atoms with E-state index in [2.05, 4.69) is 0 Å². The maximum absolute atomic E-state index is 11.9. The summed E-state index contributed by atoms with van der Waals surface area (Å²) in [6.45, 7) is 1.91.